The van der Waals surface area contributed by atoms with E-state index in [9.17, 15) is 4.39 Å². The van der Waals surface area contributed by atoms with E-state index in [1.165, 1.54) is 6.07 Å². The maximum absolute atomic E-state index is 13.5. The fourth-order valence-electron chi connectivity index (χ4n) is 1.38. The van der Waals surface area contributed by atoms with Crippen LogP contribution >= 0.6 is 46.3 Å². The molecule has 0 fully saturated rings. The fourth-order valence-corrected chi connectivity index (χ4v) is 2.60. The molecule has 2 aromatic rings. The van der Waals surface area contributed by atoms with Crippen molar-refractivity contribution < 1.29 is 4.39 Å². The third-order valence-corrected chi connectivity index (χ3v) is 3.57. The van der Waals surface area contributed by atoms with Gasteiger partial charge in [0.15, 0.2) is 0 Å². The van der Waals surface area contributed by atoms with Gasteiger partial charge in [-0.3, -0.25) is 0 Å². The maximum Gasteiger partial charge on any atom is 0.128 e. The Morgan fingerprint density at radius 2 is 2.06 bits per heavy atom. The lowest BCUT2D eigenvalue weighted by Crippen LogP contribution is -2.12. The largest absolute Gasteiger partial charge is 0.320 e. The van der Waals surface area contributed by atoms with E-state index in [1.807, 2.05) is 16.8 Å². The fraction of sp³-hybridized carbons (Fsp3) is 0.0909. The van der Waals surface area contributed by atoms with Crippen molar-refractivity contribution in [1.82, 2.24) is 0 Å². The molecule has 16 heavy (non-hydrogen) atoms. The van der Waals surface area contributed by atoms with Crippen molar-refractivity contribution in [1.29, 1.82) is 0 Å². The summed E-state index contributed by atoms with van der Waals surface area (Å²) < 4.78 is 14.5. The number of rotatable bonds is 2. The van der Waals surface area contributed by atoms with Gasteiger partial charge in [0.25, 0.3) is 0 Å². The minimum absolute atomic E-state index is 0. The Morgan fingerprint density at radius 1 is 1.31 bits per heavy atom. The Kier molecular flexibility index (Phi) is 5.17. The van der Waals surface area contributed by atoms with Crippen LogP contribution in [0.1, 0.15) is 17.2 Å². The first-order valence-electron chi connectivity index (χ1n) is 4.41. The highest BCUT2D eigenvalue weighted by atomic mass is 127. The molecule has 0 saturated carbocycles. The van der Waals surface area contributed by atoms with Crippen LogP contribution in [0.5, 0.6) is 0 Å². The average Bonchev–Trinajstić information content (AvgIpc) is 2.74. The van der Waals surface area contributed by atoms with E-state index >= 15 is 0 Å². The highest BCUT2D eigenvalue weighted by Gasteiger charge is 2.13. The minimum Gasteiger partial charge on any atom is -0.320 e. The van der Waals surface area contributed by atoms with Gasteiger partial charge in [0.05, 0.1) is 6.04 Å². The second-order valence-corrected chi connectivity index (χ2v) is 5.23. The van der Waals surface area contributed by atoms with E-state index in [0.29, 0.717) is 5.56 Å². The lowest BCUT2D eigenvalue weighted by Gasteiger charge is -2.11. The molecule has 0 aliphatic carbocycles. The summed E-state index contributed by atoms with van der Waals surface area (Å²) in [6, 6.07) is 6.54. The van der Waals surface area contributed by atoms with Crippen LogP contribution in [0.2, 0.25) is 0 Å². The first kappa shape index (κ1) is 13.9. The van der Waals surface area contributed by atoms with Crippen molar-refractivity contribution in [3.05, 3.63) is 55.5 Å². The van der Waals surface area contributed by atoms with Crippen LogP contribution in [0.25, 0.3) is 0 Å². The third kappa shape index (κ3) is 2.94. The van der Waals surface area contributed by atoms with Crippen molar-refractivity contribution in [3.63, 3.8) is 0 Å². The number of nitrogens with two attached hydrogens (primary N) is 1. The Hall–Kier alpha value is -0.170. The molecule has 1 atom stereocenters. The Balaban J connectivity index is 0.00000128. The molecular formula is C11H10ClFINS. The van der Waals surface area contributed by atoms with E-state index in [4.69, 9.17) is 5.73 Å². The van der Waals surface area contributed by atoms with Crippen LogP contribution in [0.15, 0.2) is 35.0 Å². The molecule has 86 valence electrons. The smallest absolute Gasteiger partial charge is 0.128 e. The van der Waals surface area contributed by atoms with Gasteiger partial charge in [-0.15, -0.1) is 12.4 Å². The first-order valence-corrected chi connectivity index (χ1v) is 6.43. The van der Waals surface area contributed by atoms with Gasteiger partial charge in [-0.05, 0) is 63.2 Å². The van der Waals surface area contributed by atoms with Crippen LogP contribution in [-0.4, -0.2) is 0 Å². The van der Waals surface area contributed by atoms with Crippen molar-refractivity contribution in [2.24, 2.45) is 5.73 Å². The van der Waals surface area contributed by atoms with E-state index in [2.05, 4.69) is 22.6 Å². The number of halogens is 3. The van der Waals surface area contributed by atoms with Crippen LogP contribution in [0, 0.1) is 9.39 Å². The quantitative estimate of drug-likeness (QED) is 0.797. The second-order valence-electron chi connectivity index (χ2n) is 3.20. The Bertz CT molecular complexity index is 461. The lowest BCUT2D eigenvalue weighted by atomic mass is 10.0. The zero-order chi connectivity index (χ0) is 10.8. The molecule has 0 bridgehead atoms. The summed E-state index contributed by atoms with van der Waals surface area (Å²) >= 11 is 3.72. The zero-order valence-electron chi connectivity index (χ0n) is 8.19. The lowest BCUT2D eigenvalue weighted by molar-refractivity contribution is 0.599. The highest BCUT2D eigenvalue weighted by Crippen LogP contribution is 2.25. The average molecular weight is 370 g/mol. The maximum atomic E-state index is 13.5. The highest BCUT2D eigenvalue weighted by molar-refractivity contribution is 14.1. The zero-order valence-corrected chi connectivity index (χ0v) is 12.0. The summed E-state index contributed by atoms with van der Waals surface area (Å²) in [5.74, 6) is -0.242. The van der Waals surface area contributed by atoms with Gasteiger partial charge in [-0.1, -0.05) is 0 Å². The topological polar surface area (TPSA) is 26.0 Å². The molecule has 1 heterocycles. The Labute approximate surface area is 117 Å². The van der Waals surface area contributed by atoms with Crippen LogP contribution in [-0.2, 0) is 0 Å². The molecule has 1 aromatic carbocycles. The summed E-state index contributed by atoms with van der Waals surface area (Å²) in [5.41, 5.74) is 7.51. The molecule has 0 unspecified atom stereocenters. The molecule has 2 rings (SSSR count). The SMILES string of the molecule is Cl.N[C@H](c1ccsc1)c1cc(I)ccc1F. The van der Waals surface area contributed by atoms with Gasteiger partial charge in [0, 0.05) is 9.13 Å². The number of benzene rings is 1. The molecule has 0 amide bonds. The molecule has 2 N–H and O–H groups in total. The second kappa shape index (κ2) is 5.95. The van der Waals surface area contributed by atoms with Crippen LogP contribution in [0.4, 0.5) is 4.39 Å². The number of thiophene rings is 1. The normalized spacial score (nSPS) is 11.9. The third-order valence-electron chi connectivity index (χ3n) is 2.20. The molecule has 1 nitrogen and oxygen atoms in total. The number of hydrogen-bond donors (Lipinski definition) is 1. The first-order chi connectivity index (χ1) is 7.18. The van der Waals surface area contributed by atoms with Gasteiger partial charge in [-0.2, -0.15) is 11.3 Å². The monoisotopic (exact) mass is 369 g/mol. The predicted molar refractivity (Wildman–Crippen MR) is 76.7 cm³/mol. The molecule has 1 aromatic heterocycles. The predicted octanol–water partition coefficient (Wildman–Crippen LogP) is 3.96. The van der Waals surface area contributed by atoms with E-state index in [0.717, 1.165) is 9.13 Å². The molecular weight excluding hydrogens is 360 g/mol. The van der Waals surface area contributed by atoms with Gasteiger partial charge < -0.3 is 5.73 Å². The van der Waals surface area contributed by atoms with Gasteiger partial charge >= 0.3 is 0 Å². The summed E-state index contributed by atoms with van der Waals surface area (Å²) in [4.78, 5) is 0. The van der Waals surface area contributed by atoms with Crippen LogP contribution in [0.3, 0.4) is 0 Å². The van der Waals surface area contributed by atoms with Gasteiger partial charge in [-0.25, -0.2) is 4.39 Å². The molecule has 0 radical (unpaired) electrons. The Morgan fingerprint density at radius 3 is 2.69 bits per heavy atom. The van der Waals surface area contributed by atoms with Crippen LogP contribution < -0.4 is 5.73 Å². The van der Waals surface area contributed by atoms with Crippen molar-refractivity contribution >= 4 is 46.3 Å². The molecule has 0 saturated heterocycles. The van der Waals surface area contributed by atoms with Gasteiger partial charge in [0.1, 0.15) is 5.82 Å². The van der Waals surface area contributed by atoms with E-state index in [-0.39, 0.29) is 24.3 Å². The van der Waals surface area contributed by atoms with Gasteiger partial charge in [0.2, 0.25) is 0 Å². The summed E-state index contributed by atoms with van der Waals surface area (Å²) in [5, 5.41) is 3.89. The molecule has 0 spiro atoms. The molecule has 0 aliphatic heterocycles. The summed E-state index contributed by atoms with van der Waals surface area (Å²) in [6.07, 6.45) is 0. The molecule has 5 heteroatoms. The van der Waals surface area contributed by atoms with E-state index < -0.39 is 0 Å². The summed E-state index contributed by atoms with van der Waals surface area (Å²) in [7, 11) is 0. The number of hydrogen-bond acceptors (Lipinski definition) is 2. The van der Waals surface area contributed by atoms with E-state index in [1.54, 1.807) is 23.5 Å². The van der Waals surface area contributed by atoms with Crippen molar-refractivity contribution in [2.45, 2.75) is 6.04 Å². The molecule has 0 aliphatic rings. The van der Waals surface area contributed by atoms with Crippen molar-refractivity contribution in [3.8, 4) is 0 Å². The minimum atomic E-state index is -0.369. The summed E-state index contributed by atoms with van der Waals surface area (Å²) in [6.45, 7) is 0. The standard InChI is InChI=1S/C11H9FINS.ClH/c12-10-2-1-8(13)5-9(10)11(14)7-3-4-15-6-7;/h1-6,11H,14H2;1H/t11-;/m1./s1. The van der Waals surface area contributed by atoms with Crippen molar-refractivity contribution in [2.75, 3.05) is 0 Å².